The van der Waals surface area contributed by atoms with Crippen molar-refractivity contribution in [2.75, 3.05) is 22.5 Å². The first-order valence-corrected chi connectivity index (χ1v) is 12.3. The van der Waals surface area contributed by atoms with Crippen LogP contribution >= 0.6 is 11.6 Å². The van der Waals surface area contributed by atoms with Crippen LogP contribution in [-0.4, -0.2) is 33.2 Å². The smallest absolute Gasteiger partial charge is 0.339 e. The van der Waals surface area contributed by atoms with E-state index in [2.05, 4.69) is 5.32 Å². The van der Waals surface area contributed by atoms with Gasteiger partial charge in [-0.2, -0.15) is 0 Å². The zero-order valence-electron chi connectivity index (χ0n) is 18.1. The minimum absolute atomic E-state index is 0.149. The molecule has 0 saturated carbocycles. The third-order valence-electron chi connectivity index (χ3n) is 4.71. The minimum atomic E-state index is -3.54. The molecule has 0 aromatic heterocycles. The van der Waals surface area contributed by atoms with E-state index in [4.69, 9.17) is 16.3 Å². The summed E-state index contributed by atoms with van der Waals surface area (Å²) in [5, 5.41) is 2.92. The molecule has 3 aromatic carbocycles. The van der Waals surface area contributed by atoms with E-state index in [1.54, 1.807) is 25.1 Å². The molecule has 1 N–H and O–H groups in total. The molecule has 0 radical (unpaired) electrons. The van der Waals surface area contributed by atoms with Gasteiger partial charge in [-0.1, -0.05) is 41.9 Å². The van der Waals surface area contributed by atoms with Crippen molar-refractivity contribution >= 4 is 44.9 Å². The standard InChI is InChI=1S/C24H23ClN2O5S/c1-3-32-24(29)21-15-19(11-14-22(21)25)26-23(28)18-9-12-20(13-10-18)27(33(2,30)31)16-17-7-5-4-6-8-17/h4-15H,3,16H2,1-2H3,(H,26,28). The molecule has 7 nitrogen and oxygen atoms in total. The Labute approximate surface area is 198 Å². The Morgan fingerprint density at radius 2 is 1.67 bits per heavy atom. The number of benzene rings is 3. The van der Waals surface area contributed by atoms with Crippen LogP contribution in [0.1, 0.15) is 33.2 Å². The van der Waals surface area contributed by atoms with Crippen molar-refractivity contribution < 1.29 is 22.7 Å². The van der Waals surface area contributed by atoms with E-state index in [0.29, 0.717) is 16.9 Å². The maximum absolute atomic E-state index is 12.7. The number of nitrogens with zero attached hydrogens (tertiary/aromatic N) is 1. The molecule has 9 heteroatoms. The molecular weight excluding hydrogens is 464 g/mol. The van der Waals surface area contributed by atoms with E-state index >= 15 is 0 Å². The zero-order valence-corrected chi connectivity index (χ0v) is 19.7. The van der Waals surface area contributed by atoms with Gasteiger partial charge in [0.1, 0.15) is 0 Å². The van der Waals surface area contributed by atoms with Crippen LogP contribution in [-0.2, 0) is 21.3 Å². The van der Waals surface area contributed by atoms with Crippen molar-refractivity contribution in [3.63, 3.8) is 0 Å². The van der Waals surface area contributed by atoms with Crippen LogP contribution in [0.4, 0.5) is 11.4 Å². The molecule has 0 spiro atoms. The molecule has 3 rings (SSSR count). The van der Waals surface area contributed by atoms with Gasteiger partial charge in [-0.25, -0.2) is 13.2 Å². The van der Waals surface area contributed by atoms with Crippen LogP contribution in [0.5, 0.6) is 0 Å². The van der Waals surface area contributed by atoms with Crippen LogP contribution in [0.15, 0.2) is 72.8 Å². The lowest BCUT2D eigenvalue weighted by atomic mass is 10.1. The van der Waals surface area contributed by atoms with Crippen LogP contribution in [0.2, 0.25) is 5.02 Å². The monoisotopic (exact) mass is 486 g/mol. The lowest BCUT2D eigenvalue weighted by molar-refractivity contribution is 0.0526. The van der Waals surface area contributed by atoms with Crippen LogP contribution in [0.3, 0.4) is 0 Å². The molecule has 0 saturated heterocycles. The summed E-state index contributed by atoms with van der Waals surface area (Å²) in [6.07, 6.45) is 1.14. The average Bonchev–Trinajstić information content (AvgIpc) is 2.79. The van der Waals surface area contributed by atoms with Gasteiger partial charge in [-0.05, 0) is 55.0 Å². The number of nitrogens with one attached hydrogen (secondary N) is 1. The predicted octanol–water partition coefficient (Wildman–Crippen LogP) is 4.74. The van der Waals surface area contributed by atoms with Crippen molar-refractivity contribution in [1.82, 2.24) is 0 Å². The molecule has 0 bridgehead atoms. The van der Waals surface area contributed by atoms with Gasteiger partial charge < -0.3 is 10.1 Å². The maximum atomic E-state index is 12.7. The first-order valence-electron chi connectivity index (χ1n) is 10.1. The van der Waals surface area contributed by atoms with Crippen LogP contribution in [0, 0.1) is 0 Å². The molecule has 0 fully saturated rings. The number of hydrogen-bond donors (Lipinski definition) is 1. The summed E-state index contributed by atoms with van der Waals surface area (Å²) in [5.74, 6) is -1.00. The molecule has 3 aromatic rings. The van der Waals surface area contributed by atoms with Gasteiger partial charge in [0.2, 0.25) is 10.0 Å². The SMILES string of the molecule is CCOC(=O)c1cc(NC(=O)c2ccc(N(Cc3ccccc3)S(C)(=O)=O)cc2)ccc1Cl. The van der Waals surface area contributed by atoms with Gasteiger partial charge in [0.15, 0.2) is 0 Å². The van der Waals surface area contributed by atoms with Gasteiger partial charge in [0, 0.05) is 11.3 Å². The zero-order chi connectivity index (χ0) is 24.0. The van der Waals surface area contributed by atoms with Crippen molar-refractivity contribution in [2.24, 2.45) is 0 Å². The number of rotatable bonds is 8. The normalized spacial score (nSPS) is 11.0. The number of carbonyl (C=O) groups is 2. The molecule has 0 aliphatic heterocycles. The predicted molar refractivity (Wildman–Crippen MR) is 129 cm³/mol. The molecule has 33 heavy (non-hydrogen) atoms. The van der Waals surface area contributed by atoms with Gasteiger partial charge in [0.25, 0.3) is 5.91 Å². The maximum Gasteiger partial charge on any atom is 0.339 e. The Hall–Kier alpha value is -3.36. The molecule has 172 valence electrons. The fourth-order valence-electron chi connectivity index (χ4n) is 3.10. The number of halogens is 1. The van der Waals surface area contributed by atoms with Gasteiger partial charge in [0.05, 0.1) is 35.7 Å². The molecule has 0 aliphatic rings. The lowest BCUT2D eigenvalue weighted by Crippen LogP contribution is -2.29. The molecule has 0 atom stereocenters. The molecular formula is C24H23ClN2O5S. The number of anilines is 2. The van der Waals surface area contributed by atoms with Crippen molar-refractivity contribution in [3.8, 4) is 0 Å². The average molecular weight is 487 g/mol. The summed E-state index contributed by atoms with van der Waals surface area (Å²) < 4.78 is 31.0. The summed E-state index contributed by atoms with van der Waals surface area (Å²) in [6, 6.07) is 20.0. The van der Waals surface area contributed by atoms with E-state index < -0.39 is 21.9 Å². The molecule has 0 aliphatic carbocycles. The van der Waals surface area contributed by atoms with Gasteiger partial charge in [-0.3, -0.25) is 9.10 Å². The second-order valence-corrected chi connectivity index (χ2v) is 9.49. The van der Waals surface area contributed by atoms with E-state index in [0.717, 1.165) is 11.8 Å². The number of ether oxygens (including phenoxy) is 1. The van der Waals surface area contributed by atoms with Crippen LogP contribution < -0.4 is 9.62 Å². The Balaban J connectivity index is 1.78. The Morgan fingerprint density at radius 3 is 2.27 bits per heavy atom. The quantitative estimate of drug-likeness (QED) is 0.464. The van der Waals surface area contributed by atoms with Gasteiger partial charge in [-0.15, -0.1) is 0 Å². The highest BCUT2D eigenvalue weighted by atomic mass is 35.5. The van der Waals surface area contributed by atoms with Crippen molar-refractivity contribution in [1.29, 1.82) is 0 Å². The summed E-state index contributed by atoms with van der Waals surface area (Å²) >= 11 is 6.05. The lowest BCUT2D eigenvalue weighted by Gasteiger charge is -2.22. The molecule has 1 amide bonds. The summed E-state index contributed by atoms with van der Waals surface area (Å²) in [4.78, 5) is 24.7. The minimum Gasteiger partial charge on any atom is -0.462 e. The fourth-order valence-corrected chi connectivity index (χ4v) is 4.18. The Kier molecular flexibility index (Phi) is 7.73. The van der Waals surface area contributed by atoms with E-state index in [1.165, 1.54) is 28.6 Å². The highest BCUT2D eigenvalue weighted by Crippen LogP contribution is 2.24. The fraction of sp³-hybridized carbons (Fsp3) is 0.167. The first-order chi connectivity index (χ1) is 15.7. The number of hydrogen-bond acceptors (Lipinski definition) is 5. The Morgan fingerprint density at radius 1 is 1.00 bits per heavy atom. The number of sulfonamides is 1. The van der Waals surface area contributed by atoms with Crippen LogP contribution in [0.25, 0.3) is 0 Å². The van der Waals surface area contributed by atoms with Crippen molar-refractivity contribution in [2.45, 2.75) is 13.5 Å². The topological polar surface area (TPSA) is 92.8 Å². The number of esters is 1. The number of carbonyl (C=O) groups excluding carboxylic acids is 2. The highest BCUT2D eigenvalue weighted by molar-refractivity contribution is 7.92. The Bertz CT molecular complexity index is 1250. The summed E-state index contributed by atoms with van der Waals surface area (Å²) in [7, 11) is -3.54. The second kappa shape index (κ2) is 10.5. The first kappa shape index (κ1) is 24.3. The largest absolute Gasteiger partial charge is 0.462 e. The summed E-state index contributed by atoms with van der Waals surface area (Å²) in [6.45, 7) is 2.06. The summed E-state index contributed by atoms with van der Waals surface area (Å²) in [5.41, 5.74) is 2.12. The third kappa shape index (κ3) is 6.34. The van der Waals surface area contributed by atoms with E-state index in [9.17, 15) is 18.0 Å². The third-order valence-corrected chi connectivity index (χ3v) is 6.18. The molecule has 0 heterocycles. The highest BCUT2D eigenvalue weighted by Gasteiger charge is 2.19. The molecule has 0 unspecified atom stereocenters. The van der Waals surface area contributed by atoms with E-state index in [-0.39, 0.29) is 23.7 Å². The van der Waals surface area contributed by atoms with Crippen molar-refractivity contribution in [3.05, 3.63) is 94.5 Å². The van der Waals surface area contributed by atoms with Gasteiger partial charge >= 0.3 is 5.97 Å². The second-order valence-electron chi connectivity index (χ2n) is 7.17. The van der Waals surface area contributed by atoms with E-state index in [1.807, 2.05) is 30.3 Å². The number of amides is 1.